The van der Waals surface area contributed by atoms with E-state index >= 15 is 0 Å². The van der Waals surface area contributed by atoms with Crippen molar-refractivity contribution in [1.82, 2.24) is 0 Å². The van der Waals surface area contributed by atoms with Gasteiger partial charge in [-0.15, -0.1) is 0 Å². The molecule has 3 nitrogen and oxygen atoms in total. The Morgan fingerprint density at radius 2 is 1.95 bits per heavy atom. The van der Waals surface area contributed by atoms with E-state index in [-0.39, 0.29) is 5.82 Å². The number of aliphatic hydroxyl groups is 1. The molecule has 3 N–H and O–H groups in total. The van der Waals surface area contributed by atoms with Gasteiger partial charge in [-0.05, 0) is 42.5 Å². The molecule has 2 rings (SSSR count). The topological polar surface area (TPSA) is 60.7 Å². The zero-order chi connectivity index (χ0) is 14.9. The SMILES string of the molecule is CC(C)(O)Cc1ccc(-c2csc(B(O)O)c2)c(F)c1. The number of hydrogen-bond donors (Lipinski definition) is 3. The smallest absolute Gasteiger partial charge is 0.423 e. The number of halogens is 1. The first-order valence-electron chi connectivity index (χ1n) is 6.22. The van der Waals surface area contributed by atoms with Crippen molar-refractivity contribution >= 4 is 23.2 Å². The summed E-state index contributed by atoms with van der Waals surface area (Å²) in [7, 11) is -1.54. The van der Waals surface area contributed by atoms with Crippen molar-refractivity contribution in [2.24, 2.45) is 0 Å². The Bertz CT molecular complexity index is 605. The van der Waals surface area contributed by atoms with E-state index in [1.165, 1.54) is 17.4 Å². The van der Waals surface area contributed by atoms with Crippen LogP contribution in [0.4, 0.5) is 4.39 Å². The third-order valence-electron chi connectivity index (χ3n) is 2.86. The molecule has 6 heteroatoms. The van der Waals surface area contributed by atoms with Crippen LogP contribution in [0.1, 0.15) is 19.4 Å². The van der Waals surface area contributed by atoms with E-state index in [2.05, 4.69) is 0 Å². The lowest BCUT2D eigenvalue weighted by molar-refractivity contribution is 0.0809. The van der Waals surface area contributed by atoms with Crippen molar-refractivity contribution in [2.45, 2.75) is 25.9 Å². The van der Waals surface area contributed by atoms with Gasteiger partial charge in [0.25, 0.3) is 0 Å². The minimum absolute atomic E-state index is 0.369. The van der Waals surface area contributed by atoms with Crippen molar-refractivity contribution in [2.75, 3.05) is 0 Å². The summed E-state index contributed by atoms with van der Waals surface area (Å²) in [5.74, 6) is -0.386. The van der Waals surface area contributed by atoms with Crippen molar-refractivity contribution < 1.29 is 19.5 Å². The Balaban J connectivity index is 2.29. The van der Waals surface area contributed by atoms with Crippen LogP contribution in [0.15, 0.2) is 29.6 Å². The highest BCUT2D eigenvalue weighted by atomic mass is 32.1. The maximum absolute atomic E-state index is 14.1. The van der Waals surface area contributed by atoms with Gasteiger partial charge < -0.3 is 15.2 Å². The molecule has 2 aromatic rings. The Labute approximate surface area is 121 Å². The third-order valence-corrected chi connectivity index (χ3v) is 3.83. The van der Waals surface area contributed by atoms with Gasteiger partial charge in [0.15, 0.2) is 0 Å². The van der Waals surface area contributed by atoms with Gasteiger partial charge in [-0.3, -0.25) is 0 Å². The summed E-state index contributed by atoms with van der Waals surface area (Å²) in [4.78, 5) is 0. The molecule has 0 saturated carbocycles. The Morgan fingerprint density at radius 1 is 1.25 bits per heavy atom. The monoisotopic (exact) mass is 294 g/mol. The summed E-state index contributed by atoms with van der Waals surface area (Å²) in [6.45, 7) is 3.35. The largest absolute Gasteiger partial charge is 0.499 e. The zero-order valence-electron chi connectivity index (χ0n) is 11.3. The molecule has 0 saturated heterocycles. The lowest BCUT2D eigenvalue weighted by Crippen LogP contribution is -2.26. The van der Waals surface area contributed by atoms with E-state index in [1.807, 2.05) is 0 Å². The van der Waals surface area contributed by atoms with Crippen LogP contribution in [-0.4, -0.2) is 27.9 Å². The maximum atomic E-state index is 14.1. The van der Waals surface area contributed by atoms with Gasteiger partial charge in [0.2, 0.25) is 0 Å². The zero-order valence-corrected chi connectivity index (χ0v) is 12.1. The molecule has 0 aliphatic rings. The quantitative estimate of drug-likeness (QED) is 0.750. The van der Waals surface area contributed by atoms with Crippen LogP contribution < -0.4 is 4.78 Å². The average molecular weight is 294 g/mol. The summed E-state index contributed by atoms with van der Waals surface area (Å²) in [6, 6.07) is 6.37. The fourth-order valence-corrected chi connectivity index (χ4v) is 2.81. The van der Waals surface area contributed by atoms with Crippen LogP contribution in [0, 0.1) is 5.82 Å². The summed E-state index contributed by atoms with van der Waals surface area (Å²) in [5.41, 5.74) is 0.860. The number of rotatable bonds is 4. The standard InChI is InChI=1S/C14H16BFO3S/c1-14(2,17)7-9-3-4-11(12(16)5-9)10-6-13(15(18)19)20-8-10/h3-6,8,17-19H,7H2,1-2H3. The lowest BCUT2D eigenvalue weighted by atomic mass is 9.88. The van der Waals surface area contributed by atoms with Gasteiger partial charge in [0, 0.05) is 16.8 Å². The molecule has 0 bridgehead atoms. The van der Waals surface area contributed by atoms with Gasteiger partial charge in [0.05, 0.1) is 5.60 Å². The van der Waals surface area contributed by atoms with Crippen LogP contribution in [0.3, 0.4) is 0 Å². The van der Waals surface area contributed by atoms with Crippen LogP contribution >= 0.6 is 11.3 Å². The minimum Gasteiger partial charge on any atom is -0.423 e. The highest BCUT2D eigenvalue weighted by Gasteiger charge is 2.17. The second kappa shape index (κ2) is 5.65. The molecule has 0 aliphatic carbocycles. The Morgan fingerprint density at radius 3 is 2.45 bits per heavy atom. The highest BCUT2D eigenvalue weighted by Crippen LogP contribution is 2.26. The van der Waals surface area contributed by atoms with Gasteiger partial charge in [0.1, 0.15) is 5.82 Å². The van der Waals surface area contributed by atoms with E-state index in [4.69, 9.17) is 10.0 Å². The predicted molar refractivity (Wildman–Crippen MR) is 79.5 cm³/mol. The van der Waals surface area contributed by atoms with Crippen LogP contribution in [-0.2, 0) is 6.42 Å². The predicted octanol–water partition coefficient (Wildman–Crippen LogP) is 1.55. The average Bonchev–Trinajstić information content (AvgIpc) is 2.76. The number of hydrogen-bond acceptors (Lipinski definition) is 4. The number of thiophene rings is 1. The molecule has 1 aromatic carbocycles. The highest BCUT2D eigenvalue weighted by molar-refractivity contribution is 7.20. The Kier molecular flexibility index (Phi) is 4.29. The fourth-order valence-electron chi connectivity index (χ4n) is 2.03. The van der Waals surface area contributed by atoms with E-state index in [0.29, 0.717) is 22.3 Å². The number of benzene rings is 1. The van der Waals surface area contributed by atoms with E-state index in [1.54, 1.807) is 37.4 Å². The first-order valence-corrected chi connectivity index (χ1v) is 7.10. The van der Waals surface area contributed by atoms with Crippen LogP contribution in [0.2, 0.25) is 0 Å². The summed E-state index contributed by atoms with van der Waals surface area (Å²) >= 11 is 1.17. The van der Waals surface area contributed by atoms with E-state index < -0.39 is 12.7 Å². The van der Waals surface area contributed by atoms with Crippen LogP contribution in [0.5, 0.6) is 0 Å². The first-order chi connectivity index (χ1) is 9.26. The van der Waals surface area contributed by atoms with Crippen LogP contribution in [0.25, 0.3) is 11.1 Å². The van der Waals surface area contributed by atoms with Crippen molar-refractivity contribution in [3.63, 3.8) is 0 Å². The third kappa shape index (κ3) is 3.67. The molecule has 0 atom stereocenters. The maximum Gasteiger partial charge on any atom is 0.499 e. The molecule has 0 amide bonds. The lowest BCUT2D eigenvalue weighted by Gasteiger charge is -2.17. The van der Waals surface area contributed by atoms with Gasteiger partial charge >= 0.3 is 7.12 Å². The second-order valence-corrected chi connectivity index (χ2v) is 6.36. The van der Waals surface area contributed by atoms with Gasteiger partial charge in [-0.1, -0.05) is 12.1 Å². The molecule has 0 unspecified atom stereocenters. The molecular formula is C14H16BFO3S. The second-order valence-electron chi connectivity index (χ2n) is 5.41. The molecular weight excluding hydrogens is 278 g/mol. The normalized spacial score (nSPS) is 11.7. The summed E-state index contributed by atoms with van der Waals surface area (Å²) in [6.07, 6.45) is 0.369. The van der Waals surface area contributed by atoms with Crippen molar-refractivity contribution in [3.05, 3.63) is 41.0 Å². The van der Waals surface area contributed by atoms with E-state index in [0.717, 1.165) is 5.56 Å². The summed E-state index contributed by atoms with van der Waals surface area (Å²) < 4.78 is 14.5. The van der Waals surface area contributed by atoms with Gasteiger partial charge in [-0.2, -0.15) is 11.3 Å². The first kappa shape index (κ1) is 15.2. The van der Waals surface area contributed by atoms with Crippen molar-refractivity contribution in [3.8, 4) is 11.1 Å². The molecule has 0 aliphatic heterocycles. The molecule has 106 valence electrons. The molecule has 20 heavy (non-hydrogen) atoms. The Hall–Kier alpha value is -1.21. The molecule has 0 radical (unpaired) electrons. The van der Waals surface area contributed by atoms with Crippen molar-refractivity contribution in [1.29, 1.82) is 0 Å². The molecule has 1 heterocycles. The summed E-state index contributed by atoms with van der Waals surface area (Å²) in [5, 5.41) is 29.6. The fraction of sp³-hybridized carbons (Fsp3) is 0.286. The minimum atomic E-state index is -1.54. The molecule has 0 spiro atoms. The molecule has 0 fully saturated rings. The van der Waals surface area contributed by atoms with Gasteiger partial charge in [-0.25, -0.2) is 4.39 Å². The molecule has 1 aromatic heterocycles. The van der Waals surface area contributed by atoms with E-state index in [9.17, 15) is 9.50 Å².